The van der Waals surface area contributed by atoms with E-state index in [9.17, 15) is 13.9 Å². The van der Waals surface area contributed by atoms with Crippen molar-refractivity contribution in [2.24, 2.45) is 0 Å². The molecular formula is C11H12ClF2NO. The largest absolute Gasteiger partial charge is 0.391 e. The lowest BCUT2D eigenvalue weighted by Gasteiger charge is -2.29. The van der Waals surface area contributed by atoms with Crippen molar-refractivity contribution in [3.8, 4) is 0 Å². The maximum atomic E-state index is 13.6. The van der Waals surface area contributed by atoms with Crippen LogP contribution < -0.4 is 5.32 Å². The molecule has 2 nitrogen and oxygen atoms in total. The highest BCUT2D eigenvalue weighted by atomic mass is 35.5. The van der Waals surface area contributed by atoms with Gasteiger partial charge in [-0.2, -0.15) is 0 Å². The van der Waals surface area contributed by atoms with E-state index in [1.807, 2.05) is 0 Å². The molecule has 0 aromatic heterocycles. The molecule has 0 radical (unpaired) electrons. The Kier molecular flexibility index (Phi) is 3.42. The van der Waals surface area contributed by atoms with Crippen LogP contribution in [0.5, 0.6) is 0 Å². The fourth-order valence-electron chi connectivity index (χ4n) is 2.03. The Morgan fingerprint density at radius 1 is 1.31 bits per heavy atom. The zero-order valence-corrected chi connectivity index (χ0v) is 9.27. The molecule has 5 heteroatoms. The zero-order valence-electron chi connectivity index (χ0n) is 8.51. The Balaban J connectivity index is 2.35. The van der Waals surface area contributed by atoms with Gasteiger partial charge < -0.3 is 10.4 Å². The summed E-state index contributed by atoms with van der Waals surface area (Å²) in [5.74, 6) is -1.57. The van der Waals surface area contributed by atoms with Gasteiger partial charge in [-0.05, 0) is 30.7 Å². The Morgan fingerprint density at radius 3 is 2.75 bits per heavy atom. The van der Waals surface area contributed by atoms with E-state index in [2.05, 4.69) is 5.32 Å². The second-order valence-electron chi connectivity index (χ2n) is 3.95. The molecular weight excluding hydrogens is 236 g/mol. The van der Waals surface area contributed by atoms with E-state index < -0.39 is 17.7 Å². The molecule has 2 rings (SSSR count). The van der Waals surface area contributed by atoms with Crippen molar-refractivity contribution in [2.75, 3.05) is 13.1 Å². The van der Waals surface area contributed by atoms with E-state index in [1.165, 1.54) is 0 Å². The van der Waals surface area contributed by atoms with Crippen molar-refractivity contribution in [3.63, 3.8) is 0 Å². The quantitative estimate of drug-likeness (QED) is 0.745. The van der Waals surface area contributed by atoms with Crippen molar-refractivity contribution in [1.82, 2.24) is 5.32 Å². The Bertz CT molecular complexity index is 400. The van der Waals surface area contributed by atoms with Gasteiger partial charge in [0, 0.05) is 12.5 Å². The number of piperidine rings is 1. The number of hydrogen-bond donors (Lipinski definition) is 2. The summed E-state index contributed by atoms with van der Waals surface area (Å²) < 4.78 is 26.9. The van der Waals surface area contributed by atoms with Crippen LogP contribution in [0.2, 0.25) is 5.02 Å². The summed E-state index contributed by atoms with van der Waals surface area (Å²) in [4.78, 5) is 0. The number of hydrogen-bond acceptors (Lipinski definition) is 2. The predicted octanol–water partition coefficient (Wildman–Crippen LogP) is 2.06. The van der Waals surface area contributed by atoms with E-state index in [0.717, 1.165) is 12.1 Å². The second kappa shape index (κ2) is 4.65. The van der Waals surface area contributed by atoms with E-state index in [4.69, 9.17) is 11.6 Å². The molecule has 1 aliphatic rings. The van der Waals surface area contributed by atoms with Crippen molar-refractivity contribution in [1.29, 1.82) is 0 Å². The fraction of sp³-hybridized carbons (Fsp3) is 0.455. The first-order valence-corrected chi connectivity index (χ1v) is 5.50. The summed E-state index contributed by atoms with van der Waals surface area (Å²) in [7, 11) is 0. The Labute approximate surface area is 97.2 Å². The lowest BCUT2D eigenvalue weighted by Crippen LogP contribution is -2.39. The number of halogens is 3. The smallest absolute Gasteiger partial charge is 0.142 e. The van der Waals surface area contributed by atoms with Crippen molar-refractivity contribution in [3.05, 3.63) is 34.4 Å². The Morgan fingerprint density at radius 2 is 2.06 bits per heavy atom. The lowest BCUT2D eigenvalue weighted by atomic mass is 9.87. The maximum absolute atomic E-state index is 13.6. The van der Waals surface area contributed by atoms with Gasteiger partial charge in [-0.25, -0.2) is 8.78 Å². The second-order valence-corrected chi connectivity index (χ2v) is 4.36. The SMILES string of the molecule is OC1CNCCC1c1cc(F)c(Cl)cc1F. The fourth-order valence-corrected chi connectivity index (χ4v) is 2.18. The summed E-state index contributed by atoms with van der Waals surface area (Å²) in [6, 6.07) is 2.04. The number of rotatable bonds is 1. The number of benzene rings is 1. The Hall–Kier alpha value is -0.710. The summed E-state index contributed by atoms with van der Waals surface area (Å²) >= 11 is 5.47. The van der Waals surface area contributed by atoms with Crippen molar-refractivity contribution < 1.29 is 13.9 Å². The molecule has 1 aliphatic heterocycles. The minimum absolute atomic E-state index is 0.205. The van der Waals surface area contributed by atoms with Crippen LogP contribution in [0, 0.1) is 11.6 Å². The number of nitrogens with one attached hydrogen (secondary N) is 1. The molecule has 0 spiro atoms. The predicted molar refractivity (Wildman–Crippen MR) is 57.6 cm³/mol. The summed E-state index contributed by atoms with van der Waals surface area (Å²) in [5, 5.41) is 12.5. The van der Waals surface area contributed by atoms with Crippen LogP contribution in [0.1, 0.15) is 17.9 Å². The molecule has 0 aliphatic carbocycles. The topological polar surface area (TPSA) is 32.3 Å². The highest BCUT2D eigenvalue weighted by molar-refractivity contribution is 6.30. The van der Waals surface area contributed by atoms with Gasteiger partial charge in [0.2, 0.25) is 0 Å². The average molecular weight is 248 g/mol. The molecule has 0 bridgehead atoms. The minimum Gasteiger partial charge on any atom is -0.391 e. The highest BCUT2D eigenvalue weighted by Gasteiger charge is 2.27. The van der Waals surface area contributed by atoms with Gasteiger partial charge in [-0.3, -0.25) is 0 Å². The lowest BCUT2D eigenvalue weighted by molar-refractivity contribution is 0.116. The van der Waals surface area contributed by atoms with Gasteiger partial charge in [0.25, 0.3) is 0 Å². The molecule has 16 heavy (non-hydrogen) atoms. The highest BCUT2D eigenvalue weighted by Crippen LogP contribution is 2.30. The minimum atomic E-state index is -0.691. The van der Waals surface area contributed by atoms with Crippen LogP contribution in [0.3, 0.4) is 0 Å². The molecule has 1 heterocycles. The van der Waals surface area contributed by atoms with Gasteiger partial charge in [0.15, 0.2) is 0 Å². The van der Waals surface area contributed by atoms with Gasteiger partial charge in [-0.1, -0.05) is 11.6 Å². The molecule has 1 fully saturated rings. The van der Waals surface area contributed by atoms with Gasteiger partial charge in [0.05, 0.1) is 11.1 Å². The number of aliphatic hydroxyl groups excluding tert-OH is 1. The molecule has 0 amide bonds. The van der Waals surface area contributed by atoms with Crippen molar-refractivity contribution >= 4 is 11.6 Å². The maximum Gasteiger partial charge on any atom is 0.142 e. The summed E-state index contributed by atoms with van der Waals surface area (Å²) in [5.41, 5.74) is 0.205. The third-order valence-corrected chi connectivity index (χ3v) is 3.18. The van der Waals surface area contributed by atoms with Crippen LogP contribution >= 0.6 is 11.6 Å². The van der Waals surface area contributed by atoms with Crippen LogP contribution in [0.25, 0.3) is 0 Å². The first-order chi connectivity index (χ1) is 7.59. The molecule has 2 N–H and O–H groups in total. The van der Waals surface area contributed by atoms with E-state index >= 15 is 0 Å². The molecule has 0 saturated carbocycles. The van der Waals surface area contributed by atoms with Gasteiger partial charge >= 0.3 is 0 Å². The first kappa shape index (κ1) is 11.8. The van der Waals surface area contributed by atoms with E-state index in [0.29, 0.717) is 19.5 Å². The van der Waals surface area contributed by atoms with E-state index in [-0.39, 0.29) is 16.5 Å². The van der Waals surface area contributed by atoms with Crippen LogP contribution in [-0.4, -0.2) is 24.3 Å². The normalized spacial score (nSPS) is 25.8. The number of aliphatic hydroxyl groups is 1. The monoisotopic (exact) mass is 247 g/mol. The first-order valence-electron chi connectivity index (χ1n) is 5.13. The number of β-amino-alcohol motifs (C(OH)–C–C–N with tert-alkyl or cyclic N) is 1. The molecule has 1 aromatic rings. The van der Waals surface area contributed by atoms with E-state index in [1.54, 1.807) is 0 Å². The van der Waals surface area contributed by atoms with Crippen LogP contribution in [0.4, 0.5) is 8.78 Å². The average Bonchev–Trinajstić information content (AvgIpc) is 2.25. The van der Waals surface area contributed by atoms with Crippen LogP contribution in [0.15, 0.2) is 12.1 Å². The van der Waals surface area contributed by atoms with Crippen molar-refractivity contribution in [2.45, 2.75) is 18.4 Å². The molecule has 88 valence electrons. The molecule has 1 saturated heterocycles. The molecule has 2 unspecified atom stereocenters. The van der Waals surface area contributed by atoms with Crippen LogP contribution in [-0.2, 0) is 0 Å². The van der Waals surface area contributed by atoms with Gasteiger partial charge in [0.1, 0.15) is 11.6 Å². The third kappa shape index (κ3) is 2.19. The molecule has 2 atom stereocenters. The summed E-state index contributed by atoms with van der Waals surface area (Å²) in [6.07, 6.45) is -0.108. The summed E-state index contributed by atoms with van der Waals surface area (Å²) in [6.45, 7) is 1.08. The standard InChI is InChI=1S/C11H12ClF2NO/c12-8-4-9(13)7(3-10(8)14)6-1-2-15-5-11(6)16/h3-4,6,11,15-16H,1-2,5H2. The third-order valence-electron chi connectivity index (χ3n) is 2.89. The van der Waals surface area contributed by atoms with Gasteiger partial charge in [-0.15, -0.1) is 0 Å². The zero-order chi connectivity index (χ0) is 11.7. The molecule has 1 aromatic carbocycles.